The van der Waals surface area contributed by atoms with E-state index in [0.717, 1.165) is 4.90 Å². The molecule has 3 aromatic carbocycles. The number of amides is 1. The number of carbonyl (C=O) groups excluding carboxylic acids is 2. The number of aliphatic hydroxyl groups is 1. The van der Waals surface area contributed by atoms with E-state index in [1.807, 2.05) is 0 Å². The number of anilines is 1. The molecular weight excluding hydrogens is 492 g/mol. The monoisotopic (exact) mass is 505 g/mol. The number of aliphatic hydroxyl groups excluding tert-OH is 1. The minimum Gasteiger partial charge on any atom is -0.507 e. The highest BCUT2D eigenvalue weighted by Gasteiger charge is 2.48. The molecule has 0 radical (unpaired) electrons. The molecule has 1 fully saturated rings. The second-order valence-corrected chi connectivity index (χ2v) is 8.38. The number of hydrogen-bond acceptors (Lipinski definition) is 4. The summed E-state index contributed by atoms with van der Waals surface area (Å²) < 4.78 is 20.2. The van der Waals surface area contributed by atoms with Gasteiger partial charge in [0.25, 0.3) is 11.7 Å². The van der Waals surface area contributed by atoms with Gasteiger partial charge in [0.1, 0.15) is 17.3 Å². The van der Waals surface area contributed by atoms with Crippen LogP contribution in [-0.2, 0) is 9.59 Å². The molecule has 0 aromatic heterocycles. The first-order valence-corrected chi connectivity index (χ1v) is 10.7. The molecule has 1 unspecified atom stereocenters. The lowest BCUT2D eigenvalue weighted by Gasteiger charge is -2.26. The fourth-order valence-electron chi connectivity index (χ4n) is 3.74. The molecule has 9 heteroatoms. The lowest BCUT2D eigenvalue weighted by atomic mass is 9.94. The van der Waals surface area contributed by atoms with Crippen molar-refractivity contribution < 1.29 is 23.8 Å². The predicted molar refractivity (Wildman–Crippen MR) is 126 cm³/mol. The maximum absolute atomic E-state index is 14.9. The minimum absolute atomic E-state index is 0.00492. The smallest absolute Gasteiger partial charge is 0.300 e. The van der Waals surface area contributed by atoms with E-state index in [9.17, 15) is 19.1 Å². The SMILES string of the molecule is COc1ccc(Cl)cc1/C(O)=C1\C(=O)C(=O)N(c2ccc(Cl)c(Cl)c2)C1c1ccccc1F. The van der Waals surface area contributed by atoms with Gasteiger partial charge in [-0.05, 0) is 42.5 Å². The molecule has 168 valence electrons. The highest BCUT2D eigenvalue weighted by atomic mass is 35.5. The molecule has 0 bridgehead atoms. The van der Waals surface area contributed by atoms with Crippen LogP contribution in [0.25, 0.3) is 5.76 Å². The Hall–Kier alpha value is -3.06. The number of carbonyl (C=O) groups is 2. The van der Waals surface area contributed by atoms with Crippen LogP contribution in [0.15, 0.2) is 66.2 Å². The second-order valence-electron chi connectivity index (χ2n) is 7.13. The number of hydrogen-bond donors (Lipinski definition) is 1. The molecule has 1 atom stereocenters. The largest absolute Gasteiger partial charge is 0.507 e. The van der Waals surface area contributed by atoms with Gasteiger partial charge in [0.05, 0.1) is 34.3 Å². The number of methoxy groups -OCH3 is 1. The second kappa shape index (κ2) is 9.06. The maximum atomic E-state index is 14.9. The first kappa shape index (κ1) is 23.1. The molecule has 1 aliphatic heterocycles. The Bertz CT molecular complexity index is 1320. The Morgan fingerprint density at radius 2 is 1.73 bits per heavy atom. The average molecular weight is 507 g/mol. The van der Waals surface area contributed by atoms with Crippen LogP contribution in [0.2, 0.25) is 15.1 Å². The predicted octanol–water partition coefficient (Wildman–Crippen LogP) is 6.42. The van der Waals surface area contributed by atoms with Crippen LogP contribution >= 0.6 is 34.8 Å². The van der Waals surface area contributed by atoms with Crippen molar-refractivity contribution in [3.8, 4) is 5.75 Å². The molecule has 33 heavy (non-hydrogen) atoms. The molecular formula is C24H15Cl3FNO4. The van der Waals surface area contributed by atoms with Gasteiger partial charge in [-0.3, -0.25) is 14.5 Å². The van der Waals surface area contributed by atoms with E-state index in [4.69, 9.17) is 39.5 Å². The average Bonchev–Trinajstić information content (AvgIpc) is 3.06. The number of ketones is 1. The summed E-state index contributed by atoms with van der Waals surface area (Å²) in [4.78, 5) is 27.4. The van der Waals surface area contributed by atoms with E-state index in [1.54, 1.807) is 12.1 Å². The summed E-state index contributed by atoms with van der Waals surface area (Å²) in [5, 5.41) is 11.8. The van der Waals surface area contributed by atoms with Gasteiger partial charge in [0.2, 0.25) is 0 Å². The maximum Gasteiger partial charge on any atom is 0.300 e. The Labute approximate surface area is 203 Å². The number of rotatable bonds is 4. The van der Waals surface area contributed by atoms with Crippen LogP contribution in [0.3, 0.4) is 0 Å². The normalized spacial score (nSPS) is 17.5. The lowest BCUT2D eigenvalue weighted by molar-refractivity contribution is -0.132. The fraction of sp³-hybridized carbons (Fsp3) is 0.0833. The number of halogens is 4. The van der Waals surface area contributed by atoms with Gasteiger partial charge >= 0.3 is 0 Å². The number of ether oxygens (including phenoxy) is 1. The Morgan fingerprint density at radius 1 is 1.00 bits per heavy atom. The third-order valence-corrected chi connectivity index (χ3v) is 6.22. The van der Waals surface area contributed by atoms with Gasteiger partial charge in [0.15, 0.2) is 0 Å². The van der Waals surface area contributed by atoms with E-state index in [-0.39, 0.29) is 43.2 Å². The number of benzene rings is 3. The number of Topliss-reactive ketones (excluding diaryl/α,β-unsaturated/α-hetero) is 1. The lowest BCUT2D eigenvalue weighted by Crippen LogP contribution is -2.29. The molecule has 1 N–H and O–H groups in total. The van der Waals surface area contributed by atoms with Crippen molar-refractivity contribution >= 4 is 57.9 Å². The van der Waals surface area contributed by atoms with Gasteiger partial charge in [-0.15, -0.1) is 0 Å². The van der Waals surface area contributed by atoms with Crippen molar-refractivity contribution in [2.45, 2.75) is 6.04 Å². The van der Waals surface area contributed by atoms with E-state index in [1.165, 1.54) is 55.6 Å². The quantitative estimate of drug-likeness (QED) is 0.252. The summed E-state index contributed by atoms with van der Waals surface area (Å²) in [6, 6.07) is 13.1. The standard InChI is InChI=1S/C24H15Cl3FNO4/c1-33-19-9-6-12(25)10-15(19)22(30)20-21(14-4-2-3-5-18(14)28)29(24(32)23(20)31)13-7-8-16(26)17(27)11-13/h2-11,21,30H,1H3/b22-20+. The Balaban J connectivity index is 2.02. The van der Waals surface area contributed by atoms with Crippen LogP contribution in [0.5, 0.6) is 5.75 Å². The van der Waals surface area contributed by atoms with E-state index >= 15 is 0 Å². The molecule has 0 spiro atoms. The van der Waals surface area contributed by atoms with Crippen molar-refractivity contribution in [1.29, 1.82) is 0 Å². The van der Waals surface area contributed by atoms with Gasteiger partial charge < -0.3 is 9.84 Å². The molecule has 1 aliphatic rings. The molecule has 3 aromatic rings. The van der Waals surface area contributed by atoms with Crippen LogP contribution in [-0.4, -0.2) is 23.9 Å². The summed E-state index contributed by atoms with van der Waals surface area (Å²) in [7, 11) is 1.38. The Morgan fingerprint density at radius 3 is 2.39 bits per heavy atom. The minimum atomic E-state index is -1.29. The molecule has 1 heterocycles. The van der Waals surface area contributed by atoms with E-state index in [0.29, 0.717) is 0 Å². The molecule has 1 saturated heterocycles. The van der Waals surface area contributed by atoms with Crippen molar-refractivity contribution in [2.75, 3.05) is 12.0 Å². The van der Waals surface area contributed by atoms with Crippen LogP contribution < -0.4 is 9.64 Å². The van der Waals surface area contributed by atoms with E-state index < -0.39 is 29.3 Å². The van der Waals surface area contributed by atoms with Crippen molar-refractivity contribution in [3.63, 3.8) is 0 Å². The molecule has 4 rings (SSSR count). The van der Waals surface area contributed by atoms with Crippen molar-refractivity contribution in [1.82, 2.24) is 0 Å². The first-order valence-electron chi connectivity index (χ1n) is 9.59. The van der Waals surface area contributed by atoms with E-state index in [2.05, 4.69) is 0 Å². The van der Waals surface area contributed by atoms with Crippen LogP contribution in [0.1, 0.15) is 17.2 Å². The third-order valence-electron chi connectivity index (χ3n) is 5.24. The zero-order valence-corrected chi connectivity index (χ0v) is 19.2. The fourth-order valence-corrected chi connectivity index (χ4v) is 4.20. The molecule has 5 nitrogen and oxygen atoms in total. The van der Waals surface area contributed by atoms with Crippen LogP contribution in [0, 0.1) is 5.82 Å². The zero-order chi connectivity index (χ0) is 23.9. The first-order chi connectivity index (χ1) is 15.7. The zero-order valence-electron chi connectivity index (χ0n) is 17.0. The topological polar surface area (TPSA) is 66.8 Å². The summed E-state index contributed by atoms with van der Waals surface area (Å²) in [5.74, 6) is -2.98. The van der Waals surface area contributed by atoms with Gasteiger partial charge in [0, 0.05) is 16.3 Å². The van der Waals surface area contributed by atoms with Crippen molar-refractivity contribution in [3.05, 3.63) is 98.2 Å². The summed E-state index contributed by atoms with van der Waals surface area (Å²) >= 11 is 18.2. The molecule has 1 amide bonds. The van der Waals surface area contributed by atoms with Gasteiger partial charge in [-0.2, -0.15) is 0 Å². The highest BCUT2D eigenvalue weighted by Crippen LogP contribution is 2.45. The Kier molecular flexibility index (Phi) is 6.34. The van der Waals surface area contributed by atoms with Crippen molar-refractivity contribution in [2.24, 2.45) is 0 Å². The highest BCUT2D eigenvalue weighted by molar-refractivity contribution is 6.52. The summed E-state index contributed by atoms with van der Waals surface area (Å²) in [5.41, 5.74) is -0.0302. The number of nitrogens with zero attached hydrogens (tertiary/aromatic N) is 1. The van der Waals surface area contributed by atoms with Gasteiger partial charge in [-0.25, -0.2) is 4.39 Å². The summed E-state index contributed by atoms with van der Waals surface area (Å²) in [6.07, 6.45) is 0. The van der Waals surface area contributed by atoms with Crippen LogP contribution in [0.4, 0.5) is 10.1 Å². The summed E-state index contributed by atoms with van der Waals surface area (Å²) in [6.45, 7) is 0. The molecule has 0 saturated carbocycles. The molecule has 0 aliphatic carbocycles. The third kappa shape index (κ3) is 4.06. The van der Waals surface area contributed by atoms with Gasteiger partial charge in [-0.1, -0.05) is 53.0 Å².